The number of ketones is 2. The number of amides is 3. The predicted octanol–water partition coefficient (Wildman–Crippen LogP) is 4.24. The van der Waals surface area contributed by atoms with Crippen molar-refractivity contribution in [3.63, 3.8) is 0 Å². The predicted molar refractivity (Wildman–Crippen MR) is 160 cm³/mol. The number of rotatable bonds is 18. The van der Waals surface area contributed by atoms with Gasteiger partial charge in [0, 0.05) is 36.9 Å². The summed E-state index contributed by atoms with van der Waals surface area (Å²) in [6.07, 6.45) is 3.60. The van der Waals surface area contributed by atoms with Gasteiger partial charge in [-0.15, -0.1) is 0 Å². The van der Waals surface area contributed by atoms with Gasteiger partial charge in [-0.25, -0.2) is 4.79 Å². The standard InChI is InChI=1S/C31H39N3O7S/c1-2-14-41-28(38)18-24(23-10-15-42-20-23)17-27(37)31(11-4-12-31)26(36)16-22(5-3-13-33-30(32)40)29(39)34-25-8-6-21(19-35)7-9-25/h2,6-10,15,20,22,24,35H,1,3-5,11-14,16-19H2,(H,34,39)(H3,32,33,40)/t22-,24?/m1/s1. The molecule has 2 aromatic rings. The minimum atomic E-state index is -1.19. The fraction of sp³-hybridized carbons (Fsp3) is 0.452. The Morgan fingerprint density at radius 2 is 1.79 bits per heavy atom. The second kappa shape index (κ2) is 16.0. The van der Waals surface area contributed by atoms with Crippen LogP contribution in [0.5, 0.6) is 0 Å². The molecule has 1 saturated carbocycles. The minimum Gasteiger partial charge on any atom is -0.461 e. The quantitative estimate of drug-likeness (QED) is 0.0864. The molecule has 1 fully saturated rings. The molecule has 1 aromatic carbocycles. The van der Waals surface area contributed by atoms with E-state index in [4.69, 9.17) is 10.5 Å². The average molecular weight is 598 g/mol. The number of Topliss-reactive ketones (excluding diaryl/α,β-unsaturated/α-hetero) is 2. The number of carbonyl (C=O) groups is 5. The van der Waals surface area contributed by atoms with Crippen molar-refractivity contribution in [1.29, 1.82) is 0 Å². The van der Waals surface area contributed by atoms with Crippen LogP contribution >= 0.6 is 11.3 Å². The van der Waals surface area contributed by atoms with Crippen LogP contribution in [0.25, 0.3) is 0 Å². The summed E-state index contributed by atoms with van der Waals surface area (Å²) >= 11 is 1.46. The molecule has 1 aliphatic rings. The molecule has 0 spiro atoms. The SMILES string of the molecule is C=CCOC(=O)CC(CC(=O)C1(C(=O)C[C@@H](CCCNC(N)=O)C(=O)Nc2ccc(CO)cc2)CCC1)c1ccsc1. The third-order valence-corrected chi connectivity index (χ3v) is 8.43. The molecular formula is C31H39N3O7S. The van der Waals surface area contributed by atoms with Crippen molar-refractivity contribution in [3.05, 3.63) is 64.9 Å². The Bertz CT molecular complexity index is 1240. The molecule has 42 heavy (non-hydrogen) atoms. The molecule has 0 radical (unpaired) electrons. The molecule has 0 aliphatic heterocycles. The normalized spacial score (nSPS) is 15.0. The van der Waals surface area contributed by atoms with E-state index < -0.39 is 29.3 Å². The summed E-state index contributed by atoms with van der Waals surface area (Å²) in [4.78, 5) is 64.3. The first-order chi connectivity index (χ1) is 20.2. The maximum Gasteiger partial charge on any atom is 0.312 e. The zero-order valence-electron chi connectivity index (χ0n) is 23.6. The van der Waals surface area contributed by atoms with Crippen LogP contribution < -0.4 is 16.4 Å². The van der Waals surface area contributed by atoms with Crippen LogP contribution in [0.15, 0.2) is 53.7 Å². The van der Waals surface area contributed by atoms with Crippen molar-refractivity contribution < 1.29 is 33.8 Å². The van der Waals surface area contributed by atoms with Crippen LogP contribution in [0.1, 0.15) is 68.4 Å². The Labute approximate surface area is 249 Å². The fourth-order valence-electron chi connectivity index (χ4n) is 5.13. The Balaban J connectivity index is 1.73. The summed E-state index contributed by atoms with van der Waals surface area (Å²) in [7, 11) is 0. The Hall–Kier alpha value is -3.83. The van der Waals surface area contributed by atoms with Crippen LogP contribution in [0.4, 0.5) is 10.5 Å². The van der Waals surface area contributed by atoms with Gasteiger partial charge in [-0.3, -0.25) is 19.2 Å². The lowest BCUT2D eigenvalue weighted by Gasteiger charge is -2.40. The lowest BCUT2D eigenvalue weighted by molar-refractivity contribution is -0.148. The van der Waals surface area contributed by atoms with Crippen LogP contribution in [0.3, 0.4) is 0 Å². The molecule has 1 aliphatic carbocycles. The number of aliphatic hydroxyl groups excluding tert-OH is 1. The molecule has 0 bridgehead atoms. The molecule has 1 aromatic heterocycles. The highest BCUT2D eigenvalue weighted by Crippen LogP contribution is 2.46. The molecular weight excluding hydrogens is 558 g/mol. The molecule has 1 unspecified atom stereocenters. The number of thiophene rings is 1. The molecule has 11 heteroatoms. The van der Waals surface area contributed by atoms with Crippen molar-refractivity contribution in [2.75, 3.05) is 18.5 Å². The first-order valence-electron chi connectivity index (χ1n) is 14.1. The summed E-state index contributed by atoms with van der Waals surface area (Å²) in [6.45, 7) is 3.74. The first kappa shape index (κ1) is 32.7. The highest BCUT2D eigenvalue weighted by Gasteiger charge is 2.50. The van der Waals surface area contributed by atoms with Gasteiger partial charge >= 0.3 is 12.0 Å². The monoisotopic (exact) mass is 597 g/mol. The van der Waals surface area contributed by atoms with E-state index in [1.165, 1.54) is 17.4 Å². The maximum absolute atomic E-state index is 13.8. The highest BCUT2D eigenvalue weighted by molar-refractivity contribution is 7.08. The van der Waals surface area contributed by atoms with Crippen molar-refractivity contribution in [3.8, 4) is 0 Å². The molecule has 3 amide bonds. The van der Waals surface area contributed by atoms with Gasteiger partial charge in [0.25, 0.3) is 0 Å². The number of ether oxygens (including phenoxy) is 1. The van der Waals surface area contributed by atoms with E-state index in [0.29, 0.717) is 36.9 Å². The second-order valence-electron chi connectivity index (χ2n) is 10.6. The Morgan fingerprint density at radius 1 is 1.07 bits per heavy atom. The summed E-state index contributed by atoms with van der Waals surface area (Å²) < 4.78 is 5.15. The first-order valence-corrected chi connectivity index (χ1v) is 15.0. The smallest absolute Gasteiger partial charge is 0.312 e. The summed E-state index contributed by atoms with van der Waals surface area (Å²) in [5.74, 6) is -2.48. The highest BCUT2D eigenvalue weighted by atomic mass is 32.1. The summed E-state index contributed by atoms with van der Waals surface area (Å²) in [5.41, 5.74) is 6.01. The number of hydrogen-bond donors (Lipinski definition) is 4. The number of nitrogens with two attached hydrogens (primary N) is 1. The molecule has 226 valence electrons. The van der Waals surface area contributed by atoms with Gasteiger partial charge in [0.2, 0.25) is 5.91 Å². The summed E-state index contributed by atoms with van der Waals surface area (Å²) in [5, 5.41) is 18.4. The van der Waals surface area contributed by atoms with E-state index in [1.54, 1.807) is 24.3 Å². The van der Waals surface area contributed by atoms with E-state index in [1.807, 2.05) is 16.8 Å². The van der Waals surface area contributed by atoms with Gasteiger partial charge in [-0.1, -0.05) is 31.2 Å². The molecule has 5 N–H and O–H groups in total. The number of urea groups is 1. The van der Waals surface area contributed by atoms with Crippen molar-refractivity contribution in [1.82, 2.24) is 5.32 Å². The van der Waals surface area contributed by atoms with E-state index in [-0.39, 0.29) is 56.5 Å². The topological polar surface area (TPSA) is 165 Å². The van der Waals surface area contributed by atoms with Crippen molar-refractivity contribution in [2.45, 2.75) is 63.9 Å². The number of primary amides is 1. The number of anilines is 1. The molecule has 2 atom stereocenters. The summed E-state index contributed by atoms with van der Waals surface area (Å²) in [6, 6.07) is 7.89. The third kappa shape index (κ3) is 9.09. The van der Waals surface area contributed by atoms with Crippen molar-refractivity contribution in [2.24, 2.45) is 17.1 Å². The van der Waals surface area contributed by atoms with Crippen molar-refractivity contribution >= 4 is 46.5 Å². The fourth-order valence-corrected chi connectivity index (χ4v) is 5.88. The van der Waals surface area contributed by atoms with Gasteiger partial charge in [0.15, 0.2) is 0 Å². The van der Waals surface area contributed by atoms with Gasteiger partial charge in [-0.05, 0) is 65.8 Å². The number of aliphatic hydroxyl groups is 1. The zero-order valence-corrected chi connectivity index (χ0v) is 24.5. The van der Waals surface area contributed by atoms with Crippen LogP contribution in [-0.2, 0) is 30.5 Å². The number of hydrogen-bond acceptors (Lipinski definition) is 8. The van der Waals surface area contributed by atoms with Gasteiger partial charge in [-0.2, -0.15) is 11.3 Å². The largest absolute Gasteiger partial charge is 0.461 e. The number of carbonyl (C=O) groups excluding carboxylic acids is 5. The molecule has 1 heterocycles. The van der Waals surface area contributed by atoms with Crippen LogP contribution in [-0.4, -0.2) is 47.7 Å². The van der Waals surface area contributed by atoms with Gasteiger partial charge < -0.3 is 26.2 Å². The van der Waals surface area contributed by atoms with Gasteiger partial charge in [0.05, 0.1) is 18.4 Å². The molecule has 0 saturated heterocycles. The number of nitrogens with one attached hydrogen (secondary N) is 2. The lowest BCUT2D eigenvalue weighted by Crippen LogP contribution is -2.47. The van der Waals surface area contributed by atoms with Crippen LogP contribution in [0, 0.1) is 11.3 Å². The van der Waals surface area contributed by atoms with Gasteiger partial charge in [0.1, 0.15) is 18.2 Å². The number of esters is 1. The Kier molecular flexibility index (Phi) is 12.4. The second-order valence-corrected chi connectivity index (χ2v) is 11.4. The lowest BCUT2D eigenvalue weighted by atomic mass is 9.60. The maximum atomic E-state index is 13.8. The van der Waals surface area contributed by atoms with E-state index in [9.17, 15) is 29.1 Å². The van der Waals surface area contributed by atoms with E-state index in [0.717, 1.165) is 12.0 Å². The average Bonchev–Trinajstić information content (AvgIpc) is 3.48. The molecule has 3 rings (SSSR count). The number of benzene rings is 1. The minimum absolute atomic E-state index is 0.00749. The third-order valence-electron chi connectivity index (χ3n) is 7.73. The Morgan fingerprint density at radius 3 is 2.36 bits per heavy atom. The van der Waals surface area contributed by atoms with E-state index in [2.05, 4.69) is 17.2 Å². The van der Waals surface area contributed by atoms with Crippen LogP contribution in [0.2, 0.25) is 0 Å². The zero-order chi connectivity index (χ0) is 30.5. The molecule has 10 nitrogen and oxygen atoms in total. The van der Waals surface area contributed by atoms with E-state index >= 15 is 0 Å².